The topological polar surface area (TPSA) is 60.1 Å². The Labute approximate surface area is 141 Å². The number of amides is 1. The van der Waals surface area contributed by atoms with Crippen LogP contribution in [-0.4, -0.2) is 15.7 Å². The molecule has 2 aromatic heterocycles. The van der Waals surface area contributed by atoms with Crippen molar-refractivity contribution in [3.63, 3.8) is 0 Å². The summed E-state index contributed by atoms with van der Waals surface area (Å²) in [4.78, 5) is 12.1. The minimum absolute atomic E-state index is 0.0298. The van der Waals surface area contributed by atoms with Gasteiger partial charge in [0.2, 0.25) is 0 Å². The van der Waals surface area contributed by atoms with Crippen molar-refractivity contribution in [1.82, 2.24) is 15.1 Å². The number of halogens is 3. The van der Waals surface area contributed by atoms with Crippen molar-refractivity contribution in [1.29, 1.82) is 0 Å². The van der Waals surface area contributed by atoms with Crippen LogP contribution in [0.15, 0.2) is 59.3 Å². The van der Waals surface area contributed by atoms with Crippen LogP contribution in [0.25, 0.3) is 0 Å². The zero-order valence-corrected chi connectivity index (χ0v) is 13.0. The zero-order chi connectivity index (χ0) is 17.9. The van der Waals surface area contributed by atoms with Gasteiger partial charge in [0.05, 0.1) is 12.1 Å². The summed E-state index contributed by atoms with van der Waals surface area (Å²) in [7, 11) is 0. The molecular formula is C17H14F3N3O2. The third-order valence-electron chi connectivity index (χ3n) is 3.47. The summed E-state index contributed by atoms with van der Waals surface area (Å²) in [5.41, 5.74) is -0.398. The van der Waals surface area contributed by atoms with Crippen molar-refractivity contribution in [3.8, 4) is 0 Å². The Kier molecular flexibility index (Phi) is 4.60. The van der Waals surface area contributed by atoms with Gasteiger partial charge in [-0.3, -0.25) is 9.48 Å². The lowest BCUT2D eigenvalue weighted by atomic mass is 10.1. The van der Waals surface area contributed by atoms with E-state index in [0.717, 1.165) is 12.1 Å². The van der Waals surface area contributed by atoms with Gasteiger partial charge >= 0.3 is 6.18 Å². The summed E-state index contributed by atoms with van der Waals surface area (Å²) >= 11 is 0. The molecule has 0 saturated carbocycles. The number of carbonyl (C=O) groups is 1. The second kappa shape index (κ2) is 6.84. The van der Waals surface area contributed by atoms with Crippen molar-refractivity contribution >= 4 is 5.91 Å². The van der Waals surface area contributed by atoms with Gasteiger partial charge in [-0.1, -0.05) is 12.1 Å². The van der Waals surface area contributed by atoms with Gasteiger partial charge in [-0.2, -0.15) is 18.3 Å². The third kappa shape index (κ3) is 4.28. The van der Waals surface area contributed by atoms with E-state index in [-0.39, 0.29) is 12.3 Å². The van der Waals surface area contributed by atoms with Gasteiger partial charge < -0.3 is 9.73 Å². The number of nitrogens with one attached hydrogen (secondary N) is 1. The normalized spacial score (nSPS) is 11.5. The summed E-state index contributed by atoms with van der Waals surface area (Å²) in [6.07, 6.45) is -1.02. The molecule has 0 atom stereocenters. The van der Waals surface area contributed by atoms with Crippen LogP contribution in [0, 0.1) is 0 Å². The number of rotatable bonds is 5. The van der Waals surface area contributed by atoms with Crippen LogP contribution in [-0.2, 0) is 19.3 Å². The molecule has 0 aliphatic heterocycles. The highest BCUT2D eigenvalue weighted by atomic mass is 19.4. The average molecular weight is 349 g/mol. The molecule has 0 aliphatic carbocycles. The molecule has 3 aromatic rings. The van der Waals surface area contributed by atoms with Gasteiger partial charge in [0.1, 0.15) is 5.76 Å². The number of hydrogen-bond donors (Lipinski definition) is 1. The lowest BCUT2D eigenvalue weighted by molar-refractivity contribution is -0.137. The summed E-state index contributed by atoms with van der Waals surface area (Å²) in [5, 5.41) is 6.58. The van der Waals surface area contributed by atoms with E-state index in [9.17, 15) is 18.0 Å². The largest absolute Gasteiger partial charge is 0.454 e. The van der Waals surface area contributed by atoms with Gasteiger partial charge in [0.15, 0.2) is 5.76 Å². The van der Waals surface area contributed by atoms with Crippen LogP contribution in [0.4, 0.5) is 13.2 Å². The lowest BCUT2D eigenvalue weighted by Crippen LogP contribution is -2.22. The van der Waals surface area contributed by atoms with Gasteiger partial charge in [0, 0.05) is 18.9 Å². The quantitative estimate of drug-likeness (QED) is 0.767. The molecule has 130 valence electrons. The first kappa shape index (κ1) is 16.8. The van der Waals surface area contributed by atoms with E-state index in [0.29, 0.717) is 17.9 Å². The standard InChI is InChI=1S/C17H14F3N3O2/c18-17(19,20)13-4-1-3-12(9-13)10-21-16(24)15-6-5-14(25-15)11-23-8-2-7-22-23/h1-9H,10-11H2,(H,21,24). The van der Waals surface area contributed by atoms with Crippen LogP contribution in [0.5, 0.6) is 0 Å². The van der Waals surface area contributed by atoms with Crippen molar-refractivity contribution in [2.45, 2.75) is 19.3 Å². The molecule has 5 nitrogen and oxygen atoms in total. The lowest BCUT2D eigenvalue weighted by Gasteiger charge is -2.09. The highest BCUT2D eigenvalue weighted by Crippen LogP contribution is 2.29. The van der Waals surface area contributed by atoms with Crippen molar-refractivity contribution in [2.24, 2.45) is 0 Å². The number of nitrogens with zero attached hydrogens (tertiary/aromatic N) is 2. The molecule has 0 radical (unpaired) electrons. The Morgan fingerprint density at radius 2 is 2.04 bits per heavy atom. The Balaban J connectivity index is 1.60. The van der Waals surface area contributed by atoms with E-state index < -0.39 is 17.6 Å². The van der Waals surface area contributed by atoms with Crippen LogP contribution in [0.2, 0.25) is 0 Å². The van der Waals surface area contributed by atoms with Gasteiger partial charge in [-0.25, -0.2) is 0 Å². The fourth-order valence-corrected chi connectivity index (χ4v) is 2.27. The summed E-state index contributed by atoms with van der Waals surface area (Å²) < 4.78 is 45.1. The fourth-order valence-electron chi connectivity index (χ4n) is 2.27. The summed E-state index contributed by atoms with van der Waals surface area (Å²) in [5.74, 6) is 0.145. The molecule has 1 amide bonds. The van der Waals surface area contributed by atoms with E-state index >= 15 is 0 Å². The highest BCUT2D eigenvalue weighted by Gasteiger charge is 2.30. The Hall–Kier alpha value is -3.03. The van der Waals surface area contributed by atoms with E-state index in [1.807, 2.05) is 0 Å². The second-order valence-electron chi connectivity index (χ2n) is 5.35. The Morgan fingerprint density at radius 3 is 2.76 bits per heavy atom. The number of aromatic nitrogens is 2. The molecule has 3 rings (SSSR count). The van der Waals surface area contributed by atoms with Gasteiger partial charge in [0.25, 0.3) is 5.91 Å². The SMILES string of the molecule is O=C(NCc1cccc(C(F)(F)F)c1)c1ccc(Cn2cccn2)o1. The smallest absolute Gasteiger partial charge is 0.416 e. The maximum absolute atomic E-state index is 12.7. The Bertz CT molecular complexity index is 854. The van der Waals surface area contributed by atoms with Crippen LogP contribution in [0.3, 0.4) is 0 Å². The molecule has 0 aliphatic rings. The fraction of sp³-hybridized carbons (Fsp3) is 0.176. The summed E-state index contributed by atoms with van der Waals surface area (Å²) in [6, 6.07) is 9.75. The van der Waals surface area contributed by atoms with Gasteiger partial charge in [-0.15, -0.1) is 0 Å². The molecule has 2 heterocycles. The number of carbonyl (C=O) groups excluding carboxylic acids is 1. The van der Waals surface area contributed by atoms with E-state index in [1.165, 1.54) is 18.2 Å². The average Bonchev–Trinajstić information content (AvgIpc) is 3.24. The first-order valence-electron chi connectivity index (χ1n) is 7.42. The number of alkyl halides is 3. The molecule has 0 unspecified atom stereocenters. The van der Waals surface area contributed by atoms with E-state index in [2.05, 4.69) is 10.4 Å². The van der Waals surface area contributed by atoms with Crippen molar-refractivity contribution in [3.05, 3.63) is 77.5 Å². The first-order chi connectivity index (χ1) is 11.9. The molecule has 0 bridgehead atoms. The minimum Gasteiger partial charge on any atom is -0.454 e. The molecule has 25 heavy (non-hydrogen) atoms. The van der Waals surface area contributed by atoms with Crippen LogP contribution < -0.4 is 5.32 Å². The second-order valence-corrected chi connectivity index (χ2v) is 5.35. The first-order valence-corrected chi connectivity index (χ1v) is 7.42. The Morgan fingerprint density at radius 1 is 1.20 bits per heavy atom. The minimum atomic E-state index is -4.41. The number of benzene rings is 1. The summed E-state index contributed by atoms with van der Waals surface area (Å²) in [6.45, 7) is 0.353. The molecule has 0 saturated heterocycles. The molecular weight excluding hydrogens is 335 g/mol. The molecule has 1 N–H and O–H groups in total. The van der Waals surface area contributed by atoms with E-state index in [4.69, 9.17) is 4.42 Å². The monoisotopic (exact) mass is 349 g/mol. The maximum Gasteiger partial charge on any atom is 0.416 e. The predicted molar refractivity (Wildman–Crippen MR) is 82.7 cm³/mol. The van der Waals surface area contributed by atoms with Crippen LogP contribution >= 0.6 is 0 Å². The molecule has 1 aromatic carbocycles. The zero-order valence-electron chi connectivity index (χ0n) is 13.0. The molecule has 0 spiro atoms. The highest BCUT2D eigenvalue weighted by molar-refractivity contribution is 5.91. The number of furan rings is 1. The number of hydrogen-bond acceptors (Lipinski definition) is 3. The third-order valence-corrected chi connectivity index (χ3v) is 3.47. The molecule has 0 fully saturated rings. The van der Waals surface area contributed by atoms with Crippen LogP contribution in [0.1, 0.15) is 27.4 Å². The van der Waals surface area contributed by atoms with Crippen molar-refractivity contribution in [2.75, 3.05) is 0 Å². The molecule has 8 heteroatoms. The predicted octanol–water partition coefficient (Wildman–Crippen LogP) is 3.47. The van der Waals surface area contributed by atoms with E-state index in [1.54, 1.807) is 29.2 Å². The van der Waals surface area contributed by atoms with Crippen molar-refractivity contribution < 1.29 is 22.4 Å². The van der Waals surface area contributed by atoms with Gasteiger partial charge in [-0.05, 0) is 35.9 Å². The maximum atomic E-state index is 12.7.